The Bertz CT molecular complexity index is 1330. The monoisotopic (exact) mass is 554 g/mol. The number of rotatable bonds is 9. The minimum absolute atomic E-state index is 0.149. The molecule has 0 N–H and O–H groups in total. The van der Waals surface area contributed by atoms with E-state index < -0.39 is 15.8 Å². The summed E-state index contributed by atoms with van der Waals surface area (Å²) in [6, 6.07) is 14.6. The Hall–Kier alpha value is -2.76. The van der Waals surface area contributed by atoms with Crippen LogP contribution >= 0.6 is 0 Å². The van der Waals surface area contributed by atoms with Crippen molar-refractivity contribution in [2.45, 2.75) is 45.8 Å². The summed E-state index contributed by atoms with van der Waals surface area (Å²) in [4.78, 5) is 6.40. The number of aromatic nitrogens is 2. The van der Waals surface area contributed by atoms with Gasteiger partial charge in [0.2, 0.25) is 15.8 Å². The van der Waals surface area contributed by atoms with Crippen molar-refractivity contribution in [3.63, 3.8) is 0 Å². The normalized spacial score (nSPS) is 22.7. The standard InChI is InChI=1S/C29H38N4O5S/c1-4-39(34,35)33-15-13-32(14-16-33)26-8-6-25(7-9-26)18-36-27-19-37-29(38-20-27,21-31-12-11-30-22-31)28-10-5-23(2)17-24(28)3/h5-12,17,22,27H,4,13-16,18-21H2,1-3H3. The number of aryl methyl sites for hydroxylation is 2. The van der Waals surface area contributed by atoms with Gasteiger partial charge in [0.25, 0.3) is 0 Å². The molecular weight excluding hydrogens is 516 g/mol. The van der Waals surface area contributed by atoms with Gasteiger partial charge < -0.3 is 23.7 Å². The van der Waals surface area contributed by atoms with Crippen molar-refractivity contribution in [3.05, 3.63) is 83.4 Å². The topological polar surface area (TPSA) is 86.1 Å². The second-order valence-electron chi connectivity index (χ2n) is 10.3. The highest BCUT2D eigenvalue weighted by atomic mass is 32.2. The minimum atomic E-state index is -3.13. The van der Waals surface area contributed by atoms with Gasteiger partial charge in [-0.2, -0.15) is 4.31 Å². The van der Waals surface area contributed by atoms with Crippen LogP contribution < -0.4 is 4.90 Å². The number of anilines is 1. The number of nitrogens with zero attached hydrogens (tertiary/aromatic N) is 4. The summed E-state index contributed by atoms with van der Waals surface area (Å²) in [5.41, 5.74) is 5.50. The first kappa shape index (κ1) is 27.8. The van der Waals surface area contributed by atoms with Crippen LogP contribution in [-0.4, -0.2) is 73.5 Å². The first-order chi connectivity index (χ1) is 18.8. The van der Waals surface area contributed by atoms with E-state index in [1.807, 2.05) is 10.8 Å². The highest BCUT2D eigenvalue weighted by Crippen LogP contribution is 2.36. The van der Waals surface area contributed by atoms with Gasteiger partial charge in [-0.25, -0.2) is 13.4 Å². The Morgan fingerprint density at radius 2 is 1.74 bits per heavy atom. The lowest BCUT2D eigenvalue weighted by atomic mass is 9.97. The van der Waals surface area contributed by atoms with Crippen LogP contribution in [0.4, 0.5) is 5.69 Å². The van der Waals surface area contributed by atoms with Crippen molar-refractivity contribution in [1.82, 2.24) is 13.9 Å². The fourth-order valence-electron chi connectivity index (χ4n) is 5.26. The van der Waals surface area contributed by atoms with Gasteiger partial charge in [-0.15, -0.1) is 0 Å². The largest absolute Gasteiger partial charge is 0.369 e. The first-order valence-corrected chi connectivity index (χ1v) is 15.1. The molecule has 0 unspecified atom stereocenters. The summed E-state index contributed by atoms with van der Waals surface area (Å²) < 4.78 is 46.9. The lowest BCUT2D eigenvalue weighted by molar-refractivity contribution is -0.313. The third-order valence-corrected chi connectivity index (χ3v) is 9.41. The lowest BCUT2D eigenvalue weighted by Gasteiger charge is -2.41. The molecule has 0 aliphatic carbocycles. The van der Waals surface area contributed by atoms with E-state index in [0.29, 0.717) is 52.5 Å². The zero-order valence-corrected chi connectivity index (χ0v) is 23.8. The number of ether oxygens (including phenoxy) is 3. The van der Waals surface area contributed by atoms with Crippen LogP contribution in [0, 0.1) is 13.8 Å². The smallest absolute Gasteiger partial charge is 0.213 e. The highest BCUT2D eigenvalue weighted by Gasteiger charge is 2.41. The molecule has 1 aromatic heterocycles. The van der Waals surface area contributed by atoms with Gasteiger partial charge in [0.15, 0.2) is 0 Å². The van der Waals surface area contributed by atoms with Crippen LogP contribution in [-0.2, 0) is 43.2 Å². The minimum Gasteiger partial charge on any atom is -0.369 e. The van der Waals surface area contributed by atoms with Gasteiger partial charge in [-0.1, -0.05) is 35.9 Å². The number of hydrogen-bond acceptors (Lipinski definition) is 7. The predicted octanol–water partition coefficient (Wildman–Crippen LogP) is 3.46. The number of piperazine rings is 1. The van der Waals surface area contributed by atoms with E-state index in [2.05, 4.69) is 66.2 Å². The zero-order chi connectivity index (χ0) is 27.5. The molecule has 0 amide bonds. The van der Waals surface area contributed by atoms with Crippen LogP contribution in [0.15, 0.2) is 61.2 Å². The summed E-state index contributed by atoms with van der Waals surface area (Å²) in [6.07, 6.45) is 5.26. The van der Waals surface area contributed by atoms with Gasteiger partial charge in [0, 0.05) is 49.8 Å². The van der Waals surface area contributed by atoms with Crippen LogP contribution in [0.5, 0.6) is 0 Å². The molecule has 2 aromatic carbocycles. The van der Waals surface area contributed by atoms with Crippen LogP contribution in [0.25, 0.3) is 0 Å². The molecule has 0 radical (unpaired) electrons. The van der Waals surface area contributed by atoms with E-state index in [9.17, 15) is 8.42 Å². The number of benzene rings is 2. The molecule has 2 aliphatic rings. The molecule has 0 bridgehead atoms. The summed E-state index contributed by atoms with van der Waals surface area (Å²) in [5, 5.41) is 0. The molecule has 10 heteroatoms. The van der Waals surface area contributed by atoms with Gasteiger partial charge >= 0.3 is 0 Å². The van der Waals surface area contributed by atoms with E-state index in [-0.39, 0.29) is 11.9 Å². The summed E-state index contributed by atoms with van der Waals surface area (Å²) in [7, 11) is -3.13. The molecule has 2 aliphatic heterocycles. The van der Waals surface area contributed by atoms with Gasteiger partial charge in [-0.3, -0.25) is 0 Å². The molecule has 0 saturated carbocycles. The summed E-state index contributed by atoms with van der Waals surface area (Å²) in [6.45, 7) is 10.1. The molecule has 3 heterocycles. The highest BCUT2D eigenvalue weighted by molar-refractivity contribution is 7.89. The van der Waals surface area contributed by atoms with Crippen molar-refractivity contribution in [2.75, 3.05) is 50.0 Å². The average Bonchev–Trinajstić information content (AvgIpc) is 3.46. The van der Waals surface area contributed by atoms with Crippen LogP contribution in [0.3, 0.4) is 0 Å². The Kier molecular flexibility index (Phi) is 8.39. The molecule has 3 aromatic rings. The quantitative estimate of drug-likeness (QED) is 0.401. The maximum absolute atomic E-state index is 12.1. The summed E-state index contributed by atoms with van der Waals surface area (Å²) >= 11 is 0. The van der Waals surface area contributed by atoms with Crippen molar-refractivity contribution in [2.24, 2.45) is 0 Å². The molecule has 9 nitrogen and oxygen atoms in total. The van der Waals surface area contributed by atoms with Crippen molar-refractivity contribution < 1.29 is 22.6 Å². The molecule has 0 atom stereocenters. The number of hydrogen-bond donors (Lipinski definition) is 0. The van der Waals surface area contributed by atoms with Gasteiger partial charge in [0.1, 0.15) is 6.10 Å². The second kappa shape index (κ2) is 11.8. The Morgan fingerprint density at radius 3 is 2.36 bits per heavy atom. The van der Waals surface area contributed by atoms with Crippen molar-refractivity contribution in [1.29, 1.82) is 0 Å². The second-order valence-corrected chi connectivity index (χ2v) is 12.6. The van der Waals surface area contributed by atoms with E-state index >= 15 is 0 Å². The zero-order valence-electron chi connectivity index (χ0n) is 23.0. The van der Waals surface area contributed by atoms with E-state index in [1.165, 1.54) is 5.56 Å². The third kappa shape index (κ3) is 6.36. The molecule has 210 valence electrons. The van der Waals surface area contributed by atoms with E-state index in [1.54, 1.807) is 23.8 Å². The number of sulfonamides is 1. The molecule has 0 spiro atoms. The molecule has 39 heavy (non-hydrogen) atoms. The molecule has 5 rings (SSSR count). The SMILES string of the molecule is CCS(=O)(=O)N1CCN(c2ccc(COC3COC(Cn4ccnc4)(c4ccc(C)cc4C)OC3)cc2)CC1. The van der Waals surface area contributed by atoms with Crippen LogP contribution in [0.2, 0.25) is 0 Å². The number of imidazole rings is 1. The Balaban J connectivity index is 1.16. The first-order valence-electron chi connectivity index (χ1n) is 13.5. The molecule has 2 fully saturated rings. The van der Waals surface area contributed by atoms with Gasteiger partial charge in [-0.05, 0) is 44.0 Å². The predicted molar refractivity (Wildman–Crippen MR) is 150 cm³/mol. The molecular formula is C29H38N4O5S. The Labute approximate surface area is 231 Å². The summed E-state index contributed by atoms with van der Waals surface area (Å²) in [5.74, 6) is -0.754. The van der Waals surface area contributed by atoms with Crippen molar-refractivity contribution >= 4 is 15.7 Å². The van der Waals surface area contributed by atoms with Crippen molar-refractivity contribution in [3.8, 4) is 0 Å². The van der Waals surface area contributed by atoms with E-state index in [0.717, 1.165) is 22.4 Å². The van der Waals surface area contributed by atoms with Crippen LogP contribution in [0.1, 0.15) is 29.2 Å². The maximum Gasteiger partial charge on any atom is 0.213 e. The maximum atomic E-state index is 12.1. The third-order valence-electron chi connectivity index (χ3n) is 7.53. The average molecular weight is 555 g/mol. The fraction of sp³-hybridized carbons (Fsp3) is 0.483. The van der Waals surface area contributed by atoms with Gasteiger partial charge in [0.05, 0.1) is 38.4 Å². The lowest BCUT2D eigenvalue weighted by Crippen LogP contribution is -2.49. The Morgan fingerprint density at radius 1 is 1.03 bits per heavy atom. The molecule has 2 saturated heterocycles. The fourth-order valence-corrected chi connectivity index (χ4v) is 6.34. The van der Waals surface area contributed by atoms with E-state index in [4.69, 9.17) is 14.2 Å².